The van der Waals surface area contributed by atoms with E-state index < -0.39 is 0 Å². The normalized spacial score (nSPS) is 19.2. The Balaban J connectivity index is 0.000000336. The molecular weight excluding hydrogens is 150 g/mol. The maximum absolute atomic E-state index is 4.17. The van der Waals surface area contributed by atoms with Crippen LogP contribution in [-0.2, 0) is 6.54 Å². The molecule has 2 heterocycles. The van der Waals surface area contributed by atoms with Crippen molar-refractivity contribution in [2.45, 2.75) is 19.5 Å². The number of hydrogen-bond donors (Lipinski definition) is 1. The zero-order valence-corrected chi connectivity index (χ0v) is 7.25. The topological polar surface area (TPSA) is 37.8 Å². The van der Waals surface area contributed by atoms with Crippen LogP contribution in [0.5, 0.6) is 0 Å². The summed E-state index contributed by atoms with van der Waals surface area (Å²) < 4.78 is 0. The van der Waals surface area contributed by atoms with E-state index in [0.717, 1.165) is 12.2 Å². The van der Waals surface area contributed by atoms with E-state index in [1.165, 1.54) is 5.56 Å². The Kier molecular flexibility index (Phi) is 2.94. The van der Waals surface area contributed by atoms with E-state index in [2.05, 4.69) is 35.4 Å². The maximum Gasteiger partial charge on any atom is 0.115 e. The van der Waals surface area contributed by atoms with Crippen molar-refractivity contribution in [1.29, 1.82) is 0 Å². The molecule has 2 rings (SSSR count). The number of hydrogen-bond acceptors (Lipinski definition) is 3. The number of fused-ring (bicyclic) bond motifs is 1. The standard InChI is InChI=1S/C7H9N3.C2H4/c1-5-7-6(3-9-5)2-8-4-10-7;1-2/h2,4-5,9H,3H2,1H3;1-2H2. The number of nitrogens with one attached hydrogen (secondary N) is 1. The lowest BCUT2D eigenvalue weighted by atomic mass is 10.2. The van der Waals surface area contributed by atoms with Gasteiger partial charge in [0.2, 0.25) is 0 Å². The molecule has 12 heavy (non-hydrogen) atoms. The van der Waals surface area contributed by atoms with Gasteiger partial charge in [0.15, 0.2) is 0 Å². The molecule has 1 aliphatic rings. The fourth-order valence-corrected chi connectivity index (χ4v) is 1.25. The quantitative estimate of drug-likeness (QED) is 0.588. The molecule has 0 spiro atoms. The van der Waals surface area contributed by atoms with Gasteiger partial charge in [-0.05, 0) is 6.92 Å². The molecule has 0 fully saturated rings. The van der Waals surface area contributed by atoms with Crippen LogP contribution in [0.1, 0.15) is 24.2 Å². The molecule has 64 valence electrons. The van der Waals surface area contributed by atoms with Gasteiger partial charge in [0.1, 0.15) is 6.33 Å². The minimum atomic E-state index is 0.401. The summed E-state index contributed by atoms with van der Waals surface area (Å²) in [5, 5.41) is 3.28. The summed E-state index contributed by atoms with van der Waals surface area (Å²) in [4.78, 5) is 8.11. The maximum atomic E-state index is 4.17. The third-order valence-electron chi connectivity index (χ3n) is 1.83. The predicted molar refractivity (Wildman–Crippen MR) is 48.5 cm³/mol. The van der Waals surface area contributed by atoms with Gasteiger partial charge in [-0.1, -0.05) is 0 Å². The predicted octanol–water partition coefficient (Wildman–Crippen LogP) is 1.44. The minimum Gasteiger partial charge on any atom is -0.305 e. The number of rotatable bonds is 0. The lowest BCUT2D eigenvalue weighted by Crippen LogP contribution is -2.07. The van der Waals surface area contributed by atoms with E-state index in [0.29, 0.717) is 6.04 Å². The molecular formula is C9H13N3. The molecule has 3 nitrogen and oxygen atoms in total. The van der Waals surface area contributed by atoms with Crippen molar-refractivity contribution in [1.82, 2.24) is 15.3 Å². The highest BCUT2D eigenvalue weighted by atomic mass is 15.0. The van der Waals surface area contributed by atoms with Gasteiger partial charge in [0.25, 0.3) is 0 Å². The fourth-order valence-electron chi connectivity index (χ4n) is 1.25. The summed E-state index contributed by atoms with van der Waals surface area (Å²) in [5.41, 5.74) is 2.38. The van der Waals surface area contributed by atoms with Crippen molar-refractivity contribution in [2.24, 2.45) is 0 Å². The first kappa shape index (κ1) is 8.87. The van der Waals surface area contributed by atoms with Gasteiger partial charge in [0, 0.05) is 24.3 Å². The van der Waals surface area contributed by atoms with Crippen molar-refractivity contribution in [3.8, 4) is 0 Å². The van der Waals surface area contributed by atoms with E-state index in [-0.39, 0.29) is 0 Å². The molecule has 0 aromatic carbocycles. The van der Waals surface area contributed by atoms with Gasteiger partial charge in [-0.2, -0.15) is 0 Å². The summed E-state index contributed by atoms with van der Waals surface area (Å²) in [6, 6.07) is 0.401. The average Bonchev–Trinajstić information content (AvgIpc) is 2.53. The van der Waals surface area contributed by atoms with Gasteiger partial charge in [0.05, 0.1) is 5.69 Å². The molecule has 0 saturated heterocycles. The van der Waals surface area contributed by atoms with Crippen molar-refractivity contribution < 1.29 is 0 Å². The first-order valence-electron chi connectivity index (χ1n) is 3.90. The SMILES string of the molecule is C=C.CC1NCc2cncnc21. The molecule has 0 bridgehead atoms. The van der Waals surface area contributed by atoms with Crippen LogP contribution in [0.25, 0.3) is 0 Å². The molecule has 1 aromatic rings. The van der Waals surface area contributed by atoms with Crippen molar-refractivity contribution >= 4 is 0 Å². The fraction of sp³-hybridized carbons (Fsp3) is 0.333. The van der Waals surface area contributed by atoms with Crippen LogP contribution in [0.2, 0.25) is 0 Å². The highest BCUT2D eigenvalue weighted by Crippen LogP contribution is 2.19. The Morgan fingerprint density at radius 3 is 3.00 bits per heavy atom. The molecule has 1 unspecified atom stereocenters. The zero-order chi connectivity index (χ0) is 8.97. The summed E-state index contributed by atoms with van der Waals surface area (Å²) in [6.07, 6.45) is 3.47. The summed E-state index contributed by atoms with van der Waals surface area (Å²) in [7, 11) is 0. The summed E-state index contributed by atoms with van der Waals surface area (Å²) in [5.74, 6) is 0. The Bertz CT molecular complexity index is 260. The van der Waals surface area contributed by atoms with Crippen molar-refractivity contribution in [3.05, 3.63) is 36.9 Å². The smallest absolute Gasteiger partial charge is 0.115 e. The minimum absolute atomic E-state index is 0.401. The van der Waals surface area contributed by atoms with E-state index >= 15 is 0 Å². The Morgan fingerprint density at radius 1 is 1.58 bits per heavy atom. The molecule has 0 radical (unpaired) electrons. The van der Waals surface area contributed by atoms with Gasteiger partial charge in [-0.25, -0.2) is 9.97 Å². The molecule has 1 atom stereocenters. The third-order valence-corrected chi connectivity index (χ3v) is 1.83. The Labute approximate surface area is 72.6 Å². The zero-order valence-electron chi connectivity index (χ0n) is 7.25. The highest BCUT2D eigenvalue weighted by Gasteiger charge is 2.17. The summed E-state index contributed by atoms with van der Waals surface area (Å²) in [6.45, 7) is 9.02. The first-order valence-corrected chi connectivity index (χ1v) is 3.90. The van der Waals surface area contributed by atoms with E-state index in [9.17, 15) is 0 Å². The van der Waals surface area contributed by atoms with Crippen molar-refractivity contribution in [2.75, 3.05) is 0 Å². The Hall–Kier alpha value is -1.22. The second kappa shape index (κ2) is 3.97. The Morgan fingerprint density at radius 2 is 2.33 bits per heavy atom. The average molecular weight is 163 g/mol. The molecule has 3 heteroatoms. The van der Waals surface area contributed by atoms with Crippen LogP contribution < -0.4 is 5.32 Å². The third kappa shape index (κ3) is 1.51. The van der Waals surface area contributed by atoms with Crippen LogP contribution in [-0.4, -0.2) is 9.97 Å². The van der Waals surface area contributed by atoms with Gasteiger partial charge in [-0.15, -0.1) is 13.2 Å². The van der Waals surface area contributed by atoms with Crippen LogP contribution in [0, 0.1) is 0 Å². The van der Waals surface area contributed by atoms with Crippen molar-refractivity contribution in [3.63, 3.8) is 0 Å². The largest absolute Gasteiger partial charge is 0.305 e. The van der Waals surface area contributed by atoms with Crippen LogP contribution in [0.3, 0.4) is 0 Å². The molecule has 1 aliphatic heterocycles. The van der Waals surface area contributed by atoms with E-state index in [4.69, 9.17) is 0 Å². The molecule has 0 saturated carbocycles. The van der Waals surface area contributed by atoms with Crippen LogP contribution in [0.15, 0.2) is 25.7 Å². The van der Waals surface area contributed by atoms with E-state index in [1.807, 2.05) is 6.20 Å². The lowest BCUT2D eigenvalue weighted by molar-refractivity contribution is 0.623. The second-order valence-corrected chi connectivity index (χ2v) is 2.54. The first-order chi connectivity index (χ1) is 5.88. The second-order valence-electron chi connectivity index (χ2n) is 2.54. The molecule has 0 amide bonds. The monoisotopic (exact) mass is 163 g/mol. The number of aromatic nitrogens is 2. The van der Waals surface area contributed by atoms with Crippen LogP contribution in [0.4, 0.5) is 0 Å². The van der Waals surface area contributed by atoms with Gasteiger partial charge < -0.3 is 5.32 Å². The number of nitrogens with zero attached hydrogens (tertiary/aromatic N) is 2. The molecule has 0 aliphatic carbocycles. The van der Waals surface area contributed by atoms with E-state index in [1.54, 1.807) is 6.33 Å². The summed E-state index contributed by atoms with van der Waals surface area (Å²) >= 11 is 0. The van der Waals surface area contributed by atoms with Gasteiger partial charge >= 0.3 is 0 Å². The van der Waals surface area contributed by atoms with Crippen LogP contribution >= 0.6 is 0 Å². The molecule has 1 N–H and O–H groups in total. The molecule has 1 aromatic heterocycles. The van der Waals surface area contributed by atoms with Gasteiger partial charge in [-0.3, -0.25) is 0 Å². The highest BCUT2D eigenvalue weighted by molar-refractivity contribution is 5.23. The lowest BCUT2D eigenvalue weighted by Gasteiger charge is -1.99.